The molecule has 0 saturated carbocycles. The predicted molar refractivity (Wildman–Crippen MR) is 155 cm³/mol. The molecule has 10 heteroatoms. The van der Waals surface area contributed by atoms with Crippen molar-refractivity contribution in [1.82, 2.24) is 0 Å². The van der Waals surface area contributed by atoms with Crippen LogP contribution in [0.25, 0.3) is 28.0 Å². The van der Waals surface area contributed by atoms with Crippen LogP contribution in [0.15, 0.2) is 53.4 Å². The average molecular weight is 577 g/mol. The van der Waals surface area contributed by atoms with Crippen LogP contribution in [-0.2, 0) is 11.2 Å². The van der Waals surface area contributed by atoms with Gasteiger partial charge >= 0.3 is 11.9 Å². The van der Waals surface area contributed by atoms with Crippen LogP contribution in [0, 0.1) is 0 Å². The van der Waals surface area contributed by atoms with Crippen LogP contribution in [0.2, 0.25) is 0 Å². The first-order valence-electron chi connectivity index (χ1n) is 12.8. The van der Waals surface area contributed by atoms with Crippen LogP contribution in [0.1, 0.15) is 34.1 Å². The van der Waals surface area contributed by atoms with Gasteiger partial charge in [0.2, 0.25) is 6.79 Å². The second-order valence-corrected chi connectivity index (χ2v) is 10.1. The molecule has 4 aromatic rings. The van der Waals surface area contributed by atoms with Crippen molar-refractivity contribution in [3.05, 3.63) is 69.4 Å². The molecule has 0 spiro atoms. The number of rotatable bonds is 11. The van der Waals surface area contributed by atoms with E-state index in [-0.39, 0.29) is 24.4 Å². The van der Waals surface area contributed by atoms with E-state index in [4.69, 9.17) is 23.7 Å². The van der Waals surface area contributed by atoms with Gasteiger partial charge < -0.3 is 33.9 Å². The molecule has 2 heterocycles. The zero-order valence-electron chi connectivity index (χ0n) is 22.7. The number of carbonyl (C=O) groups is 2. The Balaban J connectivity index is 1.68. The van der Waals surface area contributed by atoms with Gasteiger partial charge in [0.15, 0.2) is 11.5 Å². The van der Waals surface area contributed by atoms with Crippen molar-refractivity contribution >= 4 is 40.1 Å². The fourth-order valence-corrected chi connectivity index (χ4v) is 5.70. The first-order chi connectivity index (χ1) is 19.8. The molecule has 0 amide bonds. The number of benzene rings is 3. The highest BCUT2D eigenvalue weighted by atomic mass is 32.1. The normalized spacial score (nSPS) is 12.4. The lowest BCUT2D eigenvalue weighted by Gasteiger charge is -2.14. The highest BCUT2D eigenvalue weighted by Crippen LogP contribution is 2.45. The minimum absolute atomic E-state index is 0.0597. The molecule has 0 fully saturated rings. The third kappa shape index (κ3) is 5.51. The summed E-state index contributed by atoms with van der Waals surface area (Å²) >= 11 is 1.35. The molecular weight excluding hydrogens is 548 g/mol. The topological polar surface area (TPSA) is 121 Å². The summed E-state index contributed by atoms with van der Waals surface area (Å²) in [6.07, 6.45) is 2.46. The van der Waals surface area contributed by atoms with Crippen LogP contribution < -0.4 is 23.7 Å². The van der Waals surface area contributed by atoms with E-state index in [1.807, 2.05) is 24.4 Å². The van der Waals surface area contributed by atoms with Crippen LogP contribution in [0.5, 0.6) is 28.7 Å². The van der Waals surface area contributed by atoms with Crippen LogP contribution in [-0.4, -0.2) is 49.8 Å². The van der Waals surface area contributed by atoms with Gasteiger partial charge in [-0.2, -0.15) is 0 Å². The van der Waals surface area contributed by atoms with Crippen molar-refractivity contribution in [2.45, 2.75) is 19.8 Å². The van der Waals surface area contributed by atoms with Crippen LogP contribution in [0.3, 0.4) is 0 Å². The van der Waals surface area contributed by atoms with Gasteiger partial charge in [0.05, 0.1) is 26.4 Å². The second-order valence-electron chi connectivity index (χ2n) is 9.24. The maximum absolute atomic E-state index is 12.5. The molecule has 1 aromatic heterocycles. The van der Waals surface area contributed by atoms with Gasteiger partial charge in [0, 0.05) is 44.8 Å². The van der Waals surface area contributed by atoms with E-state index in [9.17, 15) is 19.8 Å². The van der Waals surface area contributed by atoms with Gasteiger partial charge in [0.25, 0.3) is 0 Å². The van der Waals surface area contributed by atoms with E-state index in [0.717, 1.165) is 11.8 Å². The van der Waals surface area contributed by atoms with Crippen molar-refractivity contribution in [3.63, 3.8) is 0 Å². The number of aliphatic carboxylic acids is 1. The van der Waals surface area contributed by atoms with Crippen molar-refractivity contribution in [2.24, 2.45) is 0 Å². The SMILES string of the molecule is CCCOc1csc(C=C(Cc2cc3c(cc2OC)OCO3)C(=O)O)c1-c1ccc(OC)c2ccc(C(=O)O)cc12. The maximum Gasteiger partial charge on any atom is 0.335 e. The fourth-order valence-electron chi connectivity index (χ4n) is 4.74. The molecule has 3 aromatic carbocycles. The summed E-state index contributed by atoms with van der Waals surface area (Å²) in [7, 11) is 3.07. The van der Waals surface area contributed by atoms with Gasteiger partial charge in [-0.1, -0.05) is 6.92 Å². The Labute approximate surface area is 240 Å². The largest absolute Gasteiger partial charge is 0.496 e. The van der Waals surface area contributed by atoms with Gasteiger partial charge in [-0.15, -0.1) is 11.3 Å². The molecule has 212 valence electrons. The first-order valence-corrected chi connectivity index (χ1v) is 13.7. The predicted octanol–water partition coefficient (Wildman–Crippen LogP) is 6.51. The molecule has 0 bridgehead atoms. The number of methoxy groups -OCH3 is 2. The van der Waals surface area contributed by atoms with E-state index in [2.05, 4.69) is 0 Å². The van der Waals surface area contributed by atoms with E-state index in [1.165, 1.54) is 24.5 Å². The first kappa shape index (κ1) is 27.9. The summed E-state index contributed by atoms with van der Waals surface area (Å²) in [6.45, 7) is 2.54. The molecule has 0 radical (unpaired) electrons. The van der Waals surface area contributed by atoms with E-state index in [0.29, 0.717) is 62.3 Å². The third-order valence-electron chi connectivity index (χ3n) is 6.70. The van der Waals surface area contributed by atoms with Gasteiger partial charge in [0.1, 0.15) is 17.2 Å². The standard InChI is InChI=1S/C31H28O9S/c1-4-9-38-27-15-41-28(13-19(31(34)35)10-18-12-25-26(40-16-39-25)14-24(18)37-3)29(27)21-7-8-23(36-2)20-6-5-17(30(32)33)11-22(20)21/h5-8,11-15H,4,9-10,16H2,1-3H3,(H,32,33)(H,34,35). The lowest BCUT2D eigenvalue weighted by molar-refractivity contribution is -0.132. The van der Waals surface area contributed by atoms with E-state index >= 15 is 0 Å². The number of hydrogen-bond acceptors (Lipinski definition) is 8. The lowest BCUT2D eigenvalue weighted by atomic mass is 9.95. The minimum atomic E-state index is -1.09. The van der Waals surface area contributed by atoms with Crippen molar-refractivity contribution in [2.75, 3.05) is 27.6 Å². The third-order valence-corrected chi connectivity index (χ3v) is 7.60. The molecule has 41 heavy (non-hydrogen) atoms. The summed E-state index contributed by atoms with van der Waals surface area (Å²) in [4.78, 5) is 25.0. The number of aromatic carboxylic acids is 1. The van der Waals surface area contributed by atoms with E-state index in [1.54, 1.807) is 37.5 Å². The Morgan fingerprint density at radius 3 is 2.39 bits per heavy atom. The minimum Gasteiger partial charge on any atom is -0.496 e. The van der Waals surface area contributed by atoms with Gasteiger partial charge in [-0.3, -0.25) is 0 Å². The highest BCUT2D eigenvalue weighted by Gasteiger charge is 2.23. The maximum atomic E-state index is 12.5. The second kappa shape index (κ2) is 11.8. The fraction of sp³-hybridized carbons (Fsp3) is 0.226. The Morgan fingerprint density at radius 1 is 0.951 bits per heavy atom. The van der Waals surface area contributed by atoms with Crippen LogP contribution in [0.4, 0.5) is 0 Å². The number of hydrogen-bond donors (Lipinski definition) is 2. The van der Waals surface area contributed by atoms with Crippen molar-refractivity contribution in [1.29, 1.82) is 0 Å². The highest BCUT2D eigenvalue weighted by molar-refractivity contribution is 7.11. The Kier molecular flexibility index (Phi) is 8.02. The molecule has 1 aliphatic rings. The summed E-state index contributed by atoms with van der Waals surface area (Å²) in [5, 5.41) is 23.1. The summed E-state index contributed by atoms with van der Waals surface area (Å²) < 4.78 is 28.1. The van der Waals surface area contributed by atoms with Gasteiger partial charge in [-0.25, -0.2) is 9.59 Å². The summed E-state index contributed by atoms with van der Waals surface area (Å²) in [5.41, 5.74) is 2.25. The number of ether oxygens (including phenoxy) is 5. The molecule has 1 aliphatic heterocycles. The zero-order chi connectivity index (χ0) is 29.1. The Morgan fingerprint density at radius 2 is 1.71 bits per heavy atom. The van der Waals surface area contributed by atoms with Crippen LogP contribution >= 0.6 is 11.3 Å². The summed E-state index contributed by atoms with van der Waals surface area (Å²) in [6, 6.07) is 11.9. The number of carboxylic acid groups (broad SMARTS) is 2. The molecule has 0 atom stereocenters. The van der Waals surface area contributed by atoms with Crippen molar-refractivity contribution < 1.29 is 43.5 Å². The number of carboxylic acids is 2. The smallest absolute Gasteiger partial charge is 0.335 e. The molecule has 0 saturated heterocycles. The molecule has 0 unspecified atom stereocenters. The molecule has 9 nitrogen and oxygen atoms in total. The number of thiophene rings is 1. The zero-order valence-corrected chi connectivity index (χ0v) is 23.5. The number of fused-ring (bicyclic) bond motifs is 2. The van der Waals surface area contributed by atoms with E-state index < -0.39 is 11.9 Å². The Hall–Kier alpha value is -4.70. The quantitative estimate of drug-likeness (QED) is 0.192. The Bertz CT molecular complexity index is 1670. The molecule has 5 rings (SSSR count). The average Bonchev–Trinajstić information content (AvgIpc) is 3.60. The summed E-state index contributed by atoms with van der Waals surface area (Å²) in [5.74, 6) is 0.577. The molecule has 0 aliphatic carbocycles. The monoisotopic (exact) mass is 576 g/mol. The molecular formula is C31H28O9S. The lowest BCUT2D eigenvalue weighted by Crippen LogP contribution is -2.05. The van der Waals surface area contributed by atoms with Crippen molar-refractivity contribution in [3.8, 4) is 39.9 Å². The molecule has 2 N–H and O–H groups in total. The van der Waals surface area contributed by atoms with Gasteiger partial charge in [-0.05, 0) is 59.8 Å².